The van der Waals surface area contributed by atoms with Gasteiger partial charge < -0.3 is 35.0 Å². The van der Waals surface area contributed by atoms with Gasteiger partial charge in [0.1, 0.15) is 12.2 Å². The van der Waals surface area contributed by atoms with Gasteiger partial charge in [-0.1, -0.05) is 6.07 Å². The van der Waals surface area contributed by atoms with E-state index in [9.17, 15) is 35.1 Å². The van der Waals surface area contributed by atoms with Gasteiger partial charge in [0.25, 0.3) is 0 Å². The number of esters is 2. The molecule has 4 atom stereocenters. The van der Waals surface area contributed by atoms with E-state index in [1.807, 2.05) is 0 Å². The van der Waals surface area contributed by atoms with E-state index in [0.717, 1.165) is 13.0 Å². The number of aromatic hydroxyl groups is 2. The summed E-state index contributed by atoms with van der Waals surface area (Å²) < 4.78 is 9.78. The molecule has 0 saturated heterocycles. The van der Waals surface area contributed by atoms with Crippen LogP contribution >= 0.6 is 0 Å². The number of aliphatic hydroxyl groups is 3. The summed E-state index contributed by atoms with van der Waals surface area (Å²) in [6, 6.07) is 3.90. The Hall–Kier alpha value is -2.62. The van der Waals surface area contributed by atoms with Crippen molar-refractivity contribution in [2.75, 3.05) is 0 Å². The van der Waals surface area contributed by atoms with E-state index in [0.29, 0.717) is 5.56 Å². The molecule has 2 rings (SSSR count). The van der Waals surface area contributed by atoms with E-state index < -0.39 is 48.9 Å². The van der Waals surface area contributed by atoms with Crippen LogP contribution in [-0.4, -0.2) is 61.6 Å². The van der Waals surface area contributed by atoms with Gasteiger partial charge in [0, 0.05) is 19.4 Å². The lowest BCUT2D eigenvalue weighted by Crippen LogP contribution is -2.55. The van der Waals surface area contributed by atoms with Gasteiger partial charge in [0.15, 0.2) is 11.5 Å². The van der Waals surface area contributed by atoms with Crippen molar-refractivity contribution >= 4 is 18.0 Å². The molecule has 1 fully saturated rings. The minimum Gasteiger partial charge on any atom is -0.504 e. The maximum absolute atomic E-state index is 11.9. The molecular formula is C17H20O9. The zero-order valence-corrected chi connectivity index (χ0v) is 13.9. The van der Waals surface area contributed by atoms with E-state index >= 15 is 0 Å². The lowest BCUT2D eigenvalue weighted by atomic mass is 9.87. The van der Waals surface area contributed by atoms with Gasteiger partial charge in [-0.25, -0.2) is 4.79 Å². The molecule has 9 nitrogen and oxygen atoms in total. The third-order valence-corrected chi connectivity index (χ3v) is 3.84. The lowest BCUT2D eigenvalue weighted by molar-refractivity contribution is -0.260. The third-order valence-electron chi connectivity index (χ3n) is 3.84. The normalized spacial score (nSPS) is 28.7. The monoisotopic (exact) mass is 368 g/mol. The number of ether oxygens (including phenoxy) is 2. The Morgan fingerprint density at radius 1 is 1.19 bits per heavy atom. The number of aliphatic hydroxyl groups excluding tert-OH is 2. The summed E-state index contributed by atoms with van der Waals surface area (Å²) in [7, 11) is 0. The maximum Gasteiger partial charge on any atom is 0.331 e. The number of phenols is 2. The summed E-state index contributed by atoms with van der Waals surface area (Å²) in [6.07, 6.45) is -2.72. The van der Waals surface area contributed by atoms with Gasteiger partial charge in [0.05, 0.1) is 12.5 Å². The maximum atomic E-state index is 11.9. The highest BCUT2D eigenvalue weighted by Gasteiger charge is 2.48. The first-order chi connectivity index (χ1) is 12.1. The molecule has 5 N–H and O–H groups in total. The number of benzene rings is 1. The molecule has 0 aliphatic heterocycles. The molecular weight excluding hydrogens is 348 g/mol. The van der Waals surface area contributed by atoms with Crippen molar-refractivity contribution in [2.45, 2.75) is 43.9 Å². The number of carbonyl (C=O) groups is 2. The van der Waals surface area contributed by atoms with Crippen molar-refractivity contribution in [3.63, 3.8) is 0 Å². The highest BCUT2D eigenvalue weighted by molar-refractivity contribution is 5.87. The minimum atomic E-state index is -2.05. The fraction of sp³-hybridized carbons (Fsp3) is 0.412. The Kier molecular flexibility index (Phi) is 5.86. The van der Waals surface area contributed by atoms with E-state index in [4.69, 9.17) is 9.47 Å². The number of hydrogen-bond acceptors (Lipinski definition) is 9. The molecule has 0 spiro atoms. The molecule has 1 aliphatic carbocycles. The van der Waals surface area contributed by atoms with Crippen LogP contribution in [0.2, 0.25) is 0 Å². The second-order valence-electron chi connectivity index (χ2n) is 6.06. The first kappa shape index (κ1) is 19.7. The van der Waals surface area contributed by atoms with Crippen LogP contribution in [0.4, 0.5) is 0 Å². The third kappa shape index (κ3) is 4.94. The molecule has 0 aromatic heterocycles. The van der Waals surface area contributed by atoms with Crippen LogP contribution in [0.25, 0.3) is 6.08 Å². The van der Waals surface area contributed by atoms with E-state index in [1.165, 1.54) is 24.3 Å². The number of rotatable bonds is 4. The molecule has 0 amide bonds. The van der Waals surface area contributed by atoms with Crippen molar-refractivity contribution in [3.8, 4) is 11.5 Å². The first-order valence-corrected chi connectivity index (χ1v) is 7.78. The van der Waals surface area contributed by atoms with Gasteiger partial charge in [0.2, 0.25) is 5.79 Å². The predicted octanol–water partition coefficient (Wildman–Crippen LogP) is -0.210. The molecule has 0 radical (unpaired) electrons. The predicted molar refractivity (Wildman–Crippen MR) is 86.6 cm³/mol. The molecule has 0 unspecified atom stereocenters. The van der Waals surface area contributed by atoms with Crippen LogP contribution in [0, 0.1) is 0 Å². The quantitative estimate of drug-likeness (QED) is 0.210. The standard InChI is InChI=1S/C17H20O9/c1-9(18)26-17(24)7-13(21)16(23)14(8-17)25-15(22)5-3-10-2-4-11(19)12(20)6-10/h2-6,13-14,16,19-21,23-24H,7-8H2,1H3/b5-3+/t13-,14-,16+,17+/m1/s1. The van der Waals surface area contributed by atoms with Gasteiger partial charge in [-0.05, 0) is 23.8 Å². The van der Waals surface area contributed by atoms with Crippen LogP contribution in [0.3, 0.4) is 0 Å². The van der Waals surface area contributed by atoms with Gasteiger partial charge in [-0.3, -0.25) is 4.79 Å². The Labute approximate surface area is 148 Å². The highest BCUT2D eigenvalue weighted by atomic mass is 16.7. The molecule has 1 aromatic rings. The Balaban J connectivity index is 2.04. The fourth-order valence-electron chi connectivity index (χ4n) is 2.67. The molecule has 1 aromatic carbocycles. The summed E-state index contributed by atoms with van der Waals surface area (Å²) in [5.41, 5.74) is 0.401. The summed E-state index contributed by atoms with van der Waals surface area (Å²) in [6.45, 7) is 1.08. The molecule has 1 saturated carbocycles. The zero-order valence-electron chi connectivity index (χ0n) is 13.9. The van der Waals surface area contributed by atoms with Crippen molar-refractivity contribution in [1.82, 2.24) is 0 Å². The van der Waals surface area contributed by atoms with Crippen molar-refractivity contribution in [2.24, 2.45) is 0 Å². The van der Waals surface area contributed by atoms with Crippen LogP contribution < -0.4 is 0 Å². The van der Waals surface area contributed by atoms with Crippen LogP contribution in [0.5, 0.6) is 11.5 Å². The van der Waals surface area contributed by atoms with E-state index in [1.54, 1.807) is 0 Å². The number of carbonyl (C=O) groups excluding carboxylic acids is 2. The van der Waals surface area contributed by atoms with Crippen LogP contribution in [0.15, 0.2) is 24.3 Å². The zero-order chi connectivity index (χ0) is 19.5. The molecule has 9 heteroatoms. The van der Waals surface area contributed by atoms with Crippen molar-refractivity contribution < 1.29 is 44.6 Å². The fourth-order valence-corrected chi connectivity index (χ4v) is 2.67. The Bertz CT molecular complexity index is 714. The van der Waals surface area contributed by atoms with Gasteiger partial charge in [-0.2, -0.15) is 0 Å². The first-order valence-electron chi connectivity index (χ1n) is 7.78. The minimum absolute atomic E-state index is 0.311. The molecule has 0 bridgehead atoms. The molecule has 1 aliphatic rings. The number of phenolic OH excluding ortho intramolecular Hbond substituents is 2. The SMILES string of the molecule is CC(=O)O[C@@]1(O)C[C@@H](O)[C@H](O)[C@H](OC(=O)/C=C/c2ccc(O)c(O)c2)C1. The van der Waals surface area contributed by atoms with Crippen LogP contribution in [0.1, 0.15) is 25.3 Å². The topological polar surface area (TPSA) is 154 Å². The van der Waals surface area contributed by atoms with E-state index in [-0.39, 0.29) is 11.5 Å². The Morgan fingerprint density at radius 3 is 2.50 bits per heavy atom. The second-order valence-corrected chi connectivity index (χ2v) is 6.06. The van der Waals surface area contributed by atoms with Crippen molar-refractivity contribution in [3.05, 3.63) is 29.8 Å². The summed E-state index contributed by atoms with van der Waals surface area (Å²) in [5, 5.41) is 48.6. The lowest BCUT2D eigenvalue weighted by Gasteiger charge is -2.40. The average molecular weight is 368 g/mol. The average Bonchev–Trinajstić information content (AvgIpc) is 2.52. The summed E-state index contributed by atoms with van der Waals surface area (Å²) in [5.74, 6) is -4.40. The Morgan fingerprint density at radius 2 is 1.88 bits per heavy atom. The molecule has 0 heterocycles. The van der Waals surface area contributed by atoms with Gasteiger partial charge in [-0.15, -0.1) is 0 Å². The number of hydrogen-bond donors (Lipinski definition) is 5. The largest absolute Gasteiger partial charge is 0.504 e. The summed E-state index contributed by atoms with van der Waals surface area (Å²) in [4.78, 5) is 23.0. The van der Waals surface area contributed by atoms with Crippen molar-refractivity contribution in [1.29, 1.82) is 0 Å². The second kappa shape index (κ2) is 7.73. The van der Waals surface area contributed by atoms with Crippen LogP contribution in [-0.2, 0) is 19.1 Å². The highest BCUT2D eigenvalue weighted by Crippen LogP contribution is 2.32. The smallest absolute Gasteiger partial charge is 0.331 e. The molecule has 142 valence electrons. The van der Waals surface area contributed by atoms with E-state index in [2.05, 4.69) is 0 Å². The molecule has 26 heavy (non-hydrogen) atoms. The van der Waals surface area contributed by atoms with Gasteiger partial charge >= 0.3 is 11.9 Å². The summed E-state index contributed by atoms with van der Waals surface area (Å²) >= 11 is 0.